The highest BCUT2D eigenvalue weighted by molar-refractivity contribution is 14.2. The first kappa shape index (κ1) is 11.8. The van der Waals surface area contributed by atoms with Gasteiger partial charge in [-0.3, -0.25) is 1.33 Å². The molecule has 0 amide bonds. The average Bonchev–Trinajstić information content (AvgIpc) is 2.02. The number of aromatic carboxylic acids is 1. The Morgan fingerprint density at radius 3 is 2.38 bits per heavy atom. The molecule has 0 aliphatic rings. The summed E-state index contributed by atoms with van der Waals surface area (Å²) in [5.41, 5.74) is 1.06. The molecule has 0 aliphatic carbocycles. The van der Waals surface area contributed by atoms with Crippen LogP contribution < -0.4 is 1.33 Å². The van der Waals surface area contributed by atoms with Gasteiger partial charge in [-0.2, -0.15) is 0 Å². The number of carbonyl (C=O) groups is 1. The molecule has 0 bridgehead atoms. The van der Waals surface area contributed by atoms with E-state index < -0.39 is 5.97 Å². The summed E-state index contributed by atoms with van der Waals surface area (Å²) in [7, 11) is 0. The highest BCUT2D eigenvalue weighted by Gasteiger charge is 2.15. The van der Waals surface area contributed by atoms with Crippen LogP contribution in [0.2, 0.25) is 0 Å². The Labute approximate surface area is 117 Å². The molecule has 13 heavy (non-hydrogen) atoms. The van der Waals surface area contributed by atoms with Crippen LogP contribution >= 0.6 is 68.3 Å². The van der Waals surface area contributed by atoms with Gasteiger partial charge < -0.3 is 5.11 Å². The molecule has 1 aromatic carbocycles. The molecular formula is C7H4I3NO2. The Morgan fingerprint density at radius 1 is 1.38 bits per heavy atom. The number of para-hydroxylation sites is 1. The van der Waals surface area contributed by atoms with Crippen molar-refractivity contribution in [1.29, 1.82) is 0 Å². The van der Waals surface area contributed by atoms with E-state index in [-0.39, 0.29) is 0 Å². The van der Waals surface area contributed by atoms with Crippen molar-refractivity contribution in [2.45, 2.75) is 0 Å². The number of nitrogens with zero attached hydrogens (tertiary/aromatic N) is 1. The number of benzene rings is 1. The van der Waals surface area contributed by atoms with Crippen molar-refractivity contribution < 1.29 is 9.90 Å². The molecule has 0 spiro atoms. The molecule has 0 saturated heterocycles. The Morgan fingerprint density at radius 2 is 2.00 bits per heavy atom. The first-order chi connectivity index (χ1) is 6.04. The zero-order chi connectivity index (χ0) is 10.0. The molecule has 70 valence electrons. The molecule has 0 aliphatic heterocycles. The third-order valence-corrected chi connectivity index (χ3v) is 3.22. The number of hydrogen-bond acceptors (Lipinski definition) is 2. The summed E-state index contributed by atoms with van der Waals surface area (Å²) in [6.45, 7) is 0. The zero-order valence-electron chi connectivity index (χ0n) is 6.17. The highest BCUT2D eigenvalue weighted by atomic mass is 127. The van der Waals surface area contributed by atoms with E-state index >= 15 is 0 Å². The van der Waals surface area contributed by atoms with Gasteiger partial charge in [0.15, 0.2) is 0 Å². The molecule has 0 radical (unpaired) electrons. The molecule has 0 aromatic heterocycles. The lowest BCUT2D eigenvalue weighted by Gasteiger charge is -2.12. The van der Waals surface area contributed by atoms with Crippen LogP contribution in [0.25, 0.3) is 0 Å². The van der Waals surface area contributed by atoms with Crippen molar-refractivity contribution in [3.05, 3.63) is 27.3 Å². The zero-order valence-corrected chi connectivity index (χ0v) is 12.6. The molecule has 0 heterocycles. The van der Waals surface area contributed by atoms with E-state index in [1.807, 2.05) is 51.8 Å². The van der Waals surface area contributed by atoms with E-state index in [1.165, 1.54) is 0 Å². The first-order valence-electron chi connectivity index (χ1n) is 3.17. The van der Waals surface area contributed by atoms with Crippen LogP contribution in [0, 0.1) is 3.57 Å². The van der Waals surface area contributed by atoms with Gasteiger partial charge in [0.05, 0.1) is 57.0 Å². The molecule has 1 aromatic rings. The van der Waals surface area contributed by atoms with Crippen molar-refractivity contribution in [2.75, 3.05) is 1.33 Å². The van der Waals surface area contributed by atoms with Gasteiger partial charge in [0.25, 0.3) is 0 Å². The standard InChI is InChI=1S/C7H4I3NO2/c8-5-3-1-2-4(7(12)13)6(5)11(9)10/h1-3H,(H,12,13). The van der Waals surface area contributed by atoms with Crippen molar-refractivity contribution >= 4 is 80.0 Å². The predicted octanol–water partition coefficient (Wildman–Crippen LogP) is 3.50. The van der Waals surface area contributed by atoms with E-state index in [1.54, 1.807) is 13.5 Å². The van der Waals surface area contributed by atoms with Crippen LogP contribution in [0.3, 0.4) is 0 Å². The lowest BCUT2D eigenvalue weighted by Crippen LogP contribution is -2.04. The first-order valence-corrected chi connectivity index (χ1v) is 6.18. The van der Waals surface area contributed by atoms with Gasteiger partial charge in [-0.05, 0) is 34.7 Å². The summed E-state index contributed by atoms with van der Waals surface area (Å²) in [6, 6.07) is 5.22. The average molecular weight is 515 g/mol. The van der Waals surface area contributed by atoms with Gasteiger partial charge in [0.2, 0.25) is 0 Å². The summed E-state index contributed by atoms with van der Waals surface area (Å²) >= 11 is 6.21. The predicted molar refractivity (Wildman–Crippen MR) is 76.6 cm³/mol. The topological polar surface area (TPSA) is 40.5 Å². The van der Waals surface area contributed by atoms with Gasteiger partial charge in [-0.25, -0.2) is 4.79 Å². The smallest absolute Gasteiger partial charge is 0.337 e. The number of carboxylic acid groups (broad SMARTS) is 1. The van der Waals surface area contributed by atoms with Crippen LogP contribution in [0.4, 0.5) is 5.69 Å². The molecule has 0 unspecified atom stereocenters. The lowest BCUT2D eigenvalue weighted by atomic mass is 10.2. The minimum atomic E-state index is -0.896. The lowest BCUT2D eigenvalue weighted by molar-refractivity contribution is 0.0698. The fourth-order valence-electron chi connectivity index (χ4n) is 0.860. The third-order valence-electron chi connectivity index (χ3n) is 1.39. The maximum atomic E-state index is 10.8. The summed E-state index contributed by atoms with van der Waals surface area (Å²) in [5, 5.41) is 8.90. The summed E-state index contributed by atoms with van der Waals surface area (Å²) < 4.78 is 2.68. The second-order valence-corrected chi connectivity index (χ2v) is 7.11. The highest BCUT2D eigenvalue weighted by Crippen LogP contribution is 2.32. The minimum absolute atomic E-state index is 0.329. The normalized spacial score (nSPS) is 9.77. The minimum Gasteiger partial charge on any atom is -0.478 e. The number of rotatable bonds is 2. The molecule has 6 heteroatoms. The Kier molecular flexibility index (Phi) is 4.48. The number of anilines is 1. The van der Waals surface area contributed by atoms with Crippen molar-refractivity contribution in [1.82, 2.24) is 0 Å². The molecule has 0 atom stereocenters. The summed E-state index contributed by atoms with van der Waals surface area (Å²) in [6.07, 6.45) is 0. The molecular weight excluding hydrogens is 511 g/mol. The molecule has 1 N–H and O–H groups in total. The Hall–Kier alpha value is 0.680. The number of carboxylic acids is 1. The monoisotopic (exact) mass is 515 g/mol. The van der Waals surface area contributed by atoms with E-state index in [4.69, 9.17) is 5.11 Å². The van der Waals surface area contributed by atoms with Crippen molar-refractivity contribution in [3.63, 3.8) is 0 Å². The maximum absolute atomic E-state index is 10.8. The van der Waals surface area contributed by atoms with Crippen LogP contribution in [0.1, 0.15) is 10.4 Å². The number of hydrogen-bond donors (Lipinski definition) is 1. The summed E-state index contributed by atoms with van der Waals surface area (Å²) in [5.74, 6) is -0.896. The number of halogens is 3. The van der Waals surface area contributed by atoms with E-state index in [0.717, 1.165) is 9.26 Å². The molecule has 1 rings (SSSR count). The van der Waals surface area contributed by atoms with Crippen LogP contribution in [-0.4, -0.2) is 11.1 Å². The van der Waals surface area contributed by atoms with E-state index in [9.17, 15) is 4.79 Å². The van der Waals surface area contributed by atoms with Gasteiger partial charge >= 0.3 is 5.97 Å². The largest absolute Gasteiger partial charge is 0.478 e. The quantitative estimate of drug-likeness (QED) is 0.485. The molecule has 3 nitrogen and oxygen atoms in total. The van der Waals surface area contributed by atoms with Gasteiger partial charge in [0, 0.05) is 3.57 Å². The fraction of sp³-hybridized carbons (Fsp3) is 0. The van der Waals surface area contributed by atoms with Crippen LogP contribution in [0.5, 0.6) is 0 Å². The second-order valence-electron chi connectivity index (χ2n) is 2.17. The van der Waals surface area contributed by atoms with Crippen molar-refractivity contribution in [2.24, 2.45) is 0 Å². The fourth-order valence-corrected chi connectivity index (χ4v) is 3.56. The summed E-state index contributed by atoms with van der Waals surface area (Å²) in [4.78, 5) is 10.8. The Bertz CT molecular complexity index is 341. The molecule has 0 saturated carbocycles. The van der Waals surface area contributed by atoms with Gasteiger partial charge in [-0.1, -0.05) is 6.07 Å². The van der Waals surface area contributed by atoms with Crippen LogP contribution in [-0.2, 0) is 0 Å². The van der Waals surface area contributed by atoms with E-state index in [2.05, 4.69) is 22.6 Å². The maximum Gasteiger partial charge on any atom is 0.337 e. The van der Waals surface area contributed by atoms with Gasteiger partial charge in [-0.15, -0.1) is 0 Å². The van der Waals surface area contributed by atoms with Crippen LogP contribution in [0.15, 0.2) is 18.2 Å². The third kappa shape index (κ3) is 2.81. The second kappa shape index (κ2) is 4.96. The van der Waals surface area contributed by atoms with E-state index in [0.29, 0.717) is 5.56 Å². The Balaban J connectivity index is 3.34. The SMILES string of the molecule is O=C(O)c1cccc(I)c1N(I)I. The molecule has 0 fully saturated rings. The van der Waals surface area contributed by atoms with Gasteiger partial charge in [0.1, 0.15) is 0 Å². The van der Waals surface area contributed by atoms with Crippen molar-refractivity contribution in [3.8, 4) is 0 Å².